The van der Waals surface area contributed by atoms with Crippen molar-refractivity contribution in [2.45, 2.75) is 45.1 Å². The summed E-state index contributed by atoms with van der Waals surface area (Å²) in [6.07, 6.45) is 4.95. The minimum Gasteiger partial charge on any atom is -0.329 e. The molecule has 3 nitrogen and oxygen atoms in total. The van der Waals surface area contributed by atoms with Crippen molar-refractivity contribution in [2.75, 3.05) is 40.3 Å². The Morgan fingerprint density at radius 1 is 1.41 bits per heavy atom. The van der Waals surface area contributed by atoms with Crippen molar-refractivity contribution in [3.8, 4) is 0 Å². The normalized spacial score (nSPS) is 25.4. The first-order valence-corrected chi connectivity index (χ1v) is 7.17. The minimum absolute atomic E-state index is 0.232. The predicted octanol–water partition coefficient (Wildman–Crippen LogP) is 1.78. The average Bonchev–Trinajstić information content (AvgIpc) is 2.71. The lowest BCUT2D eigenvalue weighted by atomic mass is 9.88. The molecule has 3 heteroatoms. The van der Waals surface area contributed by atoms with Gasteiger partial charge in [-0.25, -0.2) is 0 Å². The number of likely N-dealkylation sites (N-methyl/N-ethyl adjacent to an activating group) is 1. The average molecular weight is 241 g/mol. The van der Waals surface area contributed by atoms with E-state index in [1.807, 2.05) is 0 Å². The summed E-state index contributed by atoms with van der Waals surface area (Å²) < 4.78 is 0. The fourth-order valence-corrected chi connectivity index (χ4v) is 3.26. The second-order valence-corrected chi connectivity index (χ2v) is 5.83. The van der Waals surface area contributed by atoms with Crippen LogP contribution in [0.5, 0.6) is 0 Å². The summed E-state index contributed by atoms with van der Waals surface area (Å²) in [6, 6.07) is 0. The SMILES string of the molecule is CCCC(CC)(CN)N(C)CC1CCN(C)C1. The van der Waals surface area contributed by atoms with Crippen LogP contribution < -0.4 is 5.73 Å². The molecule has 0 aliphatic carbocycles. The Bertz CT molecular complexity index is 214. The van der Waals surface area contributed by atoms with Crippen LogP contribution in [0.1, 0.15) is 39.5 Å². The number of rotatable bonds is 7. The molecule has 0 spiro atoms. The maximum absolute atomic E-state index is 6.05. The van der Waals surface area contributed by atoms with Crippen molar-refractivity contribution in [1.29, 1.82) is 0 Å². The van der Waals surface area contributed by atoms with Crippen LogP contribution in [0.25, 0.3) is 0 Å². The molecule has 1 aliphatic heterocycles. The van der Waals surface area contributed by atoms with Crippen molar-refractivity contribution in [1.82, 2.24) is 9.80 Å². The van der Waals surface area contributed by atoms with E-state index in [9.17, 15) is 0 Å². The van der Waals surface area contributed by atoms with E-state index in [0.29, 0.717) is 0 Å². The standard InChI is InChI=1S/C14H31N3/c1-5-8-14(6-2,12-15)17(4)11-13-7-9-16(3)10-13/h13H,5-12,15H2,1-4H3. The van der Waals surface area contributed by atoms with Gasteiger partial charge in [0.25, 0.3) is 0 Å². The molecule has 0 radical (unpaired) electrons. The zero-order valence-electron chi connectivity index (χ0n) is 12.2. The minimum atomic E-state index is 0.232. The molecule has 1 saturated heterocycles. The first-order valence-electron chi connectivity index (χ1n) is 7.17. The Kier molecular flexibility index (Phi) is 5.90. The Morgan fingerprint density at radius 2 is 2.12 bits per heavy atom. The molecule has 1 heterocycles. The third-order valence-corrected chi connectivity index (χ3v) is 4.58. The zero-order chi connectivity index (χ0) is 12.9. The molecule has 2 N–H and O–H groups in total. The van der Waals surface area contributed by atoms with E-state index >= 15 is 0 Å². The molecule has 0 saturated carbocycles. The van der Waals surface area contributed by atoms with Gasteiger partial charge in [-0.1, -0.05) is 20.3 Å². The molecule has 17 heavy (non-hydrogen) atoms. The molecule has 0 amide bonds. The highest BCUT2D eigenvalue weighted by atomic mass is 15.2. The Morgan fingerprint density at radius 3 is 2.53 bits per heavy atom. The molecule has 1 rings (SSSR count). The summed E-state index contributed by atoms with van der Waals surface area (Å²) in [5.41, 5.74) is 6.29. The van der Waals surface area contributed by atoms with Gasteiger partial charge < -0.3 is 10.6 Å². The summed E-state index contributed by atoms with van der Waals surface area (Å²) in [5, 5.41) is 0. The van der Waals surface area contributed by atoms with Crippen molar-refractivity contribution in [2.24, 2.45) is 11.7 Å². The second-order valence-electron chi connectivity index (χ2n) is 5.83. The molecule has 2 atom stereocenters. The quantitative estimate of drug-likeness (QED) is 0.737. The maximum atomic E-state index is 6.05. The largest absolute Gasteiger partial charge is 0.329 e. The van der Waals surface area contributed by atoms with Crippen molar-refractivity contribution in [3.05, 3.63) is 0 Å². The van der Waals surface area contributed by atoms with Gasteiger partial charge >= 0.3 is 0 Å². The summed E-state index contributed by atoms with van der Waals surface area (Å²) in [4.78, 5) is 4.98. The zero-order valence-corrected chi connectivity index (χ0v) is 12.2. The molecule has 0 aromatic rings. The summed E-state index contributed by atoms with van der Waals surface area (Å²) >= 11 is 0. The van der Waals surface area contributed by atoms with Crippen molar-refractivity contribution in [3.63, 3.8) is 0 Å². The van der Waals surface area contributed by atoms with Crippen LogP contribution in [0.2, 0.25) is 0 Å². The van der Waals surface area contributed by atoms with Gasteiger partial charge in [0.05, 0.1) is 0 Å². The molecule has 1 aliphatic rings. The molecule has 1 fully saturated rings. The van der Waals surface area contributed by atoms with E-state index in [-0.39, 0.29) is 5.54 Å². The summed E-state index contributed by atoms with van der Waals surface area (Å²) in [5.74, 6) is 0.833. The smallest absolute Gasteiger partial charge is 0.0326 e. The molecule has 0 aromatic carbocycles. The Balaban J connectivity index is 2.55. The van der Waals surface area contributed by atoms with Crippen molar-refractivity contribution >= 4 is 0 Å². The second kappa shape index (κ2) is 6.72. The highest BCUT2D eigenvalue weighted by Gasteiger charge is 2.32. The van der Waals surface area contributed by atoms with E-state index in [2.05, 4.69) is 37.7 Å². The van der Waals surface area contributed by atoms with Crippen LogP contribution in [0, 0.1) is 5.92 Å². The molecule has 0 bridgehead atoms. The van der Waals surface area contributed by atoms with Crippen LogP contribution in [0.3, 0.4) is 0 Å². The van der Waals surface area contributed by atoms with E-state index in [1.165, 1.54) is 38.9 Å². The van der Waals surface area contributed by atoms with Gasteiger partial charge in [0.1, 0.15) is 0 Å². The maximum Gasteiger partial charge on any atom is 0.0326 e. The molecule has 102 valence electrons. The Labute approximate surface area is 107 Å². The Hall–Kier alpha value is -0.120. The first-order chi connectivity index (χ1) is 8.07. The summed E-state index contributed by atoms with van der Waals surface area (Å²) in [6.45, 7) is 9.04. The van der Waals surface area contributed by atoms with Gasteiger partial charge in [0.2, 0.25) is 0 Å². The van der Waals surface area contributed by atoms with Crippen LogP contribution >= 0.6 is 0 Å². The molecule has 2 unspecified atom stereocenters. The summed E-state index contributed by atoms with van der Waals surface area (Å²) in [7, 11) is 4.49. The first kappa shape index (κ1) is 14.9. The number of nitrogens with two attached hydrogens (primary N) is 1. The third kappa shape index (κ3) is 3.67. The lowest BCUT2D eigenvalue weighted by Crippen LogP contribution is -2.53. The van der Waals surface area contributed by atoms with Gasteiger partial charge in [0.15, 0.2) is 0 Å². The number of hydrogen-bond donors (Lipinski definition) is 1. The van der Waals surface area contributed by atoms with Gasteiger partial charge in [-0.15, -0.1) is 0 Å². The molecular formula is C14H31N3. The van der Waals surface area contributed by atoms with Gasteiger partial charge in [-0.05, 0) is 45.8 Å². The van der Waals surface area contributed by atoms with Crippen LogP contribution in [-0.4, -0.2) is 55.6 Å². The lowest BCUT2D eigenvalue weighted by molar-refractivity contribution is 0.0921. The number of nitrogens with zero attached hydrogens (tertiary/aromatic N) is 2. The van der Waals surface area contributed by atoms with E-state index < -0.39 is 0 Å². The van der Waals surface area contributed by atoms with Crippen molar-refractivity contribution < 1.29 is 0 Å². The van der Waals surface area contributed by atoms with Gasteiger partial charge in [0, 0.05) is 25.2 Å². The van der Waals surface area contributed by atoms with E-state index in [0.717, 1.165) is 18.9 Å². The van der Waals surface area contributed by atoms with Crippen LogP contribution in [0.15, 0.2) is 0 Å². The fourth-order valence-electron chi connectivity index (χ4n) is 3.26. The van der Waals surface area contributed by atoms with Crippen LogP contribution in [-0.2, 0) is 0 Å². The third-order valence-electron chi connectivity index (χ3n) is 4.58. The number of likely N-dealkylation sites (tertiary alicyclic amines) is 1. The fraction of sp³-hybridized carbons (Fsp3) is 1.00. The topological polar surface area (TPSA) is 32.5 Å². The van der Waals surface area contributed by atoms with Crippen LogP contribution in [0.4, 0.5) is 0 Å². The number of hydrogen-bond acceptors (Lipinski definition) is 3. The van der Waals surface area contributed by atoms with Gasteiger partial charge in [-0.2, -0.15) is 0 Å². The monoisotopic (exact) mass is 241 g/mol. The van der Waals surface area contributed by atoms with Gasteiger partial charge in [-0.3, -0.25) is 4.90 Å². The lowest BCUT2D eigenvalue weighted by Gasteiger charge is -2.42. The highest BCUT2D eigenvalue weighted by molar-refractivity contribution is 4.90. The van der Waals surface area contributed by atoms with E-state index in [4.69, 9.17) is 5.73 Å². The predicted molar refractivity (Wildman–Crippen MR) is 75.2 cm³/mol. The molecular weight excluding hydrogens is 210 g/mol. The van der Waals surface area contributed by atoms with E-state index in [1.54, 1.807) is 0 Å². The highest BCUT2D eigenvalue weighted by Crippen LogP contribution is 2.26. The molecule has 0 aromatic heterocycles.